The Morgan fingerprint density at radius 3 is 2.88 bits per heavy atom. The summed E-state index contributed by atoms with van der Waals surface area (Å²) in [5, 5.41) is 2.74. The van der Waals surface area contributed by atoms with Gasteiger partial charge in [-0.2, -0.15) is 0 Å². The molecule has 0 saturated carbocycles. The molecule has 2 heterocycles. The SMILES string of the molecule is CC1COC(c2ccccc2)CN1C(=O)c1csc(CCN)n1.Cl. The molecule has 1 aromatic heterocycles. The van der Waals surface area contributed by atoms with Gasteiger partial charge in [0.1, 0.15) is 11.8 Å². The van der Waals surface area contributed by atoms with Crippen LogP contribution in [0.5, 0.6) is 0 Å². The molecule has 1 amide bonds. The lowest BCUT2D eigenvalue weighted by Crippen LogP contribution is -2.48. The molecule has 2 aromatic rings. The van der Waals surface area contributed by atoms with Crippen LogP contribution in [0.1, 0.15) is 34.1 Å². The molecule has 2 N–H and O–H groups in total. The first-order chi connectivity index (χ1) is 11.2. The second kappa shape index (κ2) is 8.58. The smallest absolute Gasteiger partial charge is 0.273 e. The molecular formula is C17H22ClN3O2S. The molecule has 1 aliphatic heterocycles. The number of hydrogen-bond donors (Lipinski definition) is 1. The van der Waals surface area contributed by atoms with Crippen molar-refractivity contribution in [2.24, 2.45) is 5.73 Å². The molecule has 1 fully saturated rings. The second-order valence-electron chi connectivity index (χ2n) is 5.70. The van der Waals surface area contributed by atoms with E-state index in [1.165, 1.54) is 11.3 Å². The number of carbonyl (C=O) groups is 1. The summed E-state index contributed by atoms with van der Waals surface area (Å²) in [5.41, 5.74) is 7.16. The first-order valence-electron chi connectivity index (χ1n) is 7.81. The van der Waals surface area contributed by atoms with Crippen molar-refractivity contribution in [3.63, 3.8) is 0 Å². The minimum Gasteiger partial charge on any atom is -0.370 e. The van der Waals surface area contributed by atoms with Gasteiger partial charge in [-0.05, 0) is 19.0 Å². The van der Waals surface area contributed by atoms with E-state index in [9.17, 15) is 4.79 Å². The molecule has 3 rings (SSSR count). The molecule has 0 spiro atoms. The standard InChI is InChI=1S/C17H21N3O2S.ClH/c1-12-10-22-15(13-5-3-2-4-6-13)9-20(12)17(21)14-11-23-16(19-14)7-8-18;/h2-6,11-12,15H,7-10,18H2,1H3;1H. The van der Waals surface area contributed by atoms with Crippen molar-refractivity contribution in [2.45, 2.75) is 25.5 Å². The first kappa shape index (κ1) is 18.9. The van der Waals surface area contributed by atoms with E-state index in [2.05, 4.69) is 4.98 Å². The van der Waals surface area contributed by atoms with Crippen molar-refractivity contribution in [2.75, 3.05) is 19.7 Å². The quantitative estimate of drug-likeness (QED) is 0.902. The lowest BCUT2D eigenvalue weighted by atomic mass is 10.1. The highest BCUT2D eigenvalue weighted by Gasteiger charge is 2.31. The Kier molecular flexibility index (Phi) is 6.74. The van der Waals surface area contributed by atoms with Crippen molar-refractivity contribution in [3.8, 4) is 0 Å². The molecule has 0 bridgehead atoms. The van der Waals surface area contributed by atoms with E-state index >= 15 is 0 Å². The molecular weight excluding hydrogens is 346 g/mol. The van der Waals surface area contributed by atoms with Crippen molar-refractivity contribution in [1.82, 2.24) is 9.88 Å². The van der Waals surface area contributed by atoms with Gasteiger partial charge >= 0.3 is 0 Å². The van der Waals surface area contributed by atoms with E-state index in [0.29, 0.717) is 31.8 Å². The topological polar surface area (TPSA) is 68.5 Å². The van der Waals surface area contributed by atoms with E-state index in [4.69, 9.17) is 10.5 Å². The van der Waals surface area contributed by atoms with Gasteiger partial charge in [0, 0.05) is 11.8 Å². The number of thiazole rings is 1. The van der Waals surface area contributed by atoms with Gasteiger partial charge < -0.3 is 15.4 Å². The van der Waals surface area contributed by atoms with E-state index in [-0.39, 0.29) is 30.5 Å². The summed E-state index contributed by atoms with van der Waals surface area (Å²) in [5.74, 6) is -0.0266. The summed E-state index contributed by atoms with van der Waals surface area (Å²) in [6, 6.07) is 10.1. The Bertz CT molecular complexity index is 665. The van der Waals surface area contributed by atoms with E-state index in [1.54, 1.807) is 0 Å². The maximum atomic E-state index is 12.8. The molecule has 5 nitrogen and oxygen atoms in total. The summed E-state index contributed by atoms with van der Waals surface area (Å²) in [4.78, 5) is 19.1. The van der Waals surface area contributed by atoms with Gasteiger partial charge in [0.15, 0.2) is 0 Å². The number of morpholine rings is 1. The van der Waals surface area contributed by atoms with Crippen LogP contribution < -0.4 is 5.73 Å². The lowest BCUT2D eigenvalue weighted by Gasteiger charge is -2.37. The number of nitrogens with zero attached hydrogens (tertiary/aromatic N) is 2. The zero-order chi connectivity index (χ0) is 16.2. The van der Waals surface area contributed by atoms with Gasteiger partial charge in [0.05, 0.1) is 24.2 Å². The third-order valence-electron chi connectivity index (χ3n) is 3.99. The van der Waals surface area contributed by atoms with Crippen LogP contribution in [0.3, 0.4) is 0 Å². The van der Waals surface area contributed by atoms with Crippen LogP contribution in [-0.2, 0) is 11.2 Å². The number of carbonyl (C=O) groups excluding carboxylic acids is 1. The predicted molar refractivity (Wildman–Crippen MR) is 97.8 cm³/mol. The van der Waals surface area contributed by atoms with Crippen LogP contribution in [0, 0.1) is 0 Å². The number of aromatic nitrogens is 1. The molecule has 7 heteroatoms. The molecule has 0 aliphatic carbocycles. The Hall–Kier alpha value is -1.47. The Morgan fingerprint density at radius 1 is 1.42 bits per heavy atom. The lowest BCUT2D eigenvalue weighted by molar-refractivity contribution is -0.0488. The molecule has 1 saturated heterocycles. The molecule has 0 radical (unpaired) electrons. The Morgan fingerprint density at radius 2 is 2.17 bits per heavy atom. The van der Waals surface area contributed by atoms with Gasteiger partial charge in [-0.1, -0.05) is 30.3 Å². The minimum atomic E-state index is -0.0847. The van der Waals surface area contributed by atoms with E-state index in [1.807, 2.05) is 47.5 Å². The average molecular weight is 368 g/mol. The van der Waals surface area contributed by atoms with Crippen LogP contribution in [0.4, 0.5) is 0 Å². The van der Waals surface area contributed by atoms with E-state index < -0.39 is 0 Å². The number of nitrogens with two attached hydrogens (primary N) is 1. The van der Waals surface area contributed by atoms with Gasteiger partial charge in [0.25, 0.3) is 5.91 Å². The molecule has 1 aromatic carbocycles. The number of ether oxygens (including phenoxy) is 1. The molecule has 24 heavy (non-hydrogen) atoms. The zero-order valence-electron chi connectivity index (χ0n) is 13.6. The fourth-order valence-corrected chi connectivity index (χ4v) is 3.49. The van der Waals surface area contributed by atoms with Crippen molar-refractivity contribution < 1.29 is 9.53 Å². The summed E-state index contributed by atoms with van der Waals surface area (Å²) in [7, 11) is 0. The van der Waals surface area contributed by atoms with E-state index in [0.717, 1.165) is 10.6 Å². The van der Waals surface area contributed by atoms with Gasteiger partial charge in [-0.15, -0.1) is 23.7 Å². The monoisotopic (exact) mass is 367 g/mol. The van der Waals surface area contributed by atoms with Crippen molar-refractivity contribution in [3.05, 3.63) is 52.0 Å². The van der Waals surface area contributed by atoms with Crippen LogP contribution in [0.15, 0.2) is 35.7 Å². The molecule has 2 unspecified atom stereocenters. The fourth-order valence-electron chi connectivity index (χ4n) is 2.70. The van der Waals surface area contributed by atoms with Crippen LogP contribution in [0.25, 0.3) is 0 Å². The number of amides is 1. The highest BCUT2D eigenvalue weighted by atomic mass is 35.5. The molecule has 130 valence electrons. The fraction of sp³-hybridized carbons (Fsp3) is 0.412. The minimum absolute atomic E-state index is 0. The number of rotatable bonds is 4. The van der Waals surface area contributed by atoms with Gasteiger partial charge in [-0.3, -0.25) is 4.79 Å². The maximum absolute atomic E-state index is 12.8. The largest absolute Gasteiger partial charge is 0.370 e. The number of halogens is 1. The number of hydrogen-bond acceptors (Lipinski definition) is 5. The molecule has 2 atom stereocenters. The summed E-state index contributed by atoms with van der Waals surface area (Å²) in [6.45, 7) is 3.64. The highest BCUT2D eigenvalue weighted by Crippen LogP contribution is 2.26. The summed E-state index contributed by atoms with van der Waals surface area (Å²) >= 11 is 1.49. The third-order valence-corrected chi connectivity index (χ3v) is 4.90. The van der Waals surface area contributed by atoms with Gasteiger partial charge in [0.2, 0.25) is 0 Å². The predicted octanol–water partition coefficient (Wildman–Crippen LogP) is 2.67. The average Bonchev–Trinajstić information content (AvgIpc) is 3.04. The first-order valence-corrected chi connectivity index (χ1v) is 8.69. The Balaban J connectivity index is 0.00000208. The van der Waals surface area contributed by atoms with Crippen LogP contribution in [0.2, 0.25) is 0 Å². The summed E-state index contributed by atoms with van der Waals surface area (Å²) in [6.07, 6.45) is 0.627. The second-order valence-corrected chi connectivity index (χ2v) is 6.65. The third kappa shape index (κ3) is 4.13. The highest BCUT2D eigenvalue weighted by molar-refractivity contribution is 7.09. The van der Waals surface area contributed by atoms with Crippen molar-refractivity contribution in [1.29, 1.82) is 0 Å². The normalized spacial score (nSPS) is 20.5. The van der Waals surface area contributed by atoms with Crippen molar-refractivity contribution >= 4 is 29.7 Å². The molecule has 1 aliphatic rings. The van der Waals surface area contributed by atoms with Crippen LogP contribution in [-0.4, -0.2) is 41.5 Å². The summed E-state index contributed by atoms with van der Waals surface area (Å²) < 4.78 is 5.91. The Labute approximate surface area is 152 Å². The maximum Gasteiger partial charge on any atom is 0.273 e. The van der Waals surface area contributed by atoms with Crippen LogP contribution >= 0.6 is 23.7 Å². The zero-order valence-corrected chi connectivity index (χ0v) is 15.2. The number of benzene rings is 1. The van der Waals surface area contributed by atoms with Gasteiger partial charge in [-0.25, -0.2) is 4.98 Å².